The van der Waals surface area contributed by atoms with Gasteiger partial charge < -0.3 is 10.5 Å². The topological polar surface area (TPSA) is 35.2 Å². The van der Waals surface area contributed by atoms with Crippen LogP contribution in [0, 0.1) is 5.82 Å². The van der Waals surface area contributed by atoms with E-state index in [0.717, 1.165) is 17.6 Å². The van der Waals surface area contributed by atoms with E-state index in [1.807, 2.05) is 6.92 Å². The van der Waals surface area contributed by atoms with Gasteiger partial charge in [0.25, 0.3) is 0 Å². The average Bonchev–Trinajstić information content (AvgIpc) is 2.29. The SMILES string of the molecule is C=C(CC)CC(N)c1ccc(F)c(OC)c1. The lowest BCUT2D eigenvalue weighted by Gasteiger charge is -2.14. The molecule has 0 amide bonds. The summed E-state index contributed by atoms with van der Waals surface area (Å²) in [5.41, 5.74) is 7.97. The molecule has 1 aromatic rings. The molecule has 1 atom stereocenters. The molecule has 1 rings (SSSR count). The maximum Gasteiger partial charge on any atom is 0.165 e. The van der Waals surface area contributed by atoms with Gasteiger partial charge in [0, 0.05) is 6.04 Å². The molecule has 88 valence electrons. The highest BCUT2D eigenvalue weighted by Crippen LogP contribution is 2.25. The molecule has 1 unspecified atom stereocenters. The average molecular weight is 223 g/mol. The molecule has 0 bridgehead atoms. The van der Waals surface area contributed by atoms with Crippen LogP contribution >= 0.6 is 0 Å². The van der Waals surface area contributed by atoms with Gasteiger partial charge in [0.05, 0.1) is 7.11 Å². The van der Waals surface area contributed by atoms with Crippen molar-refractivity contribution in [2.45, 2.75) is 25.8 Å². The number of rotatable bonds is 5. The van der Waals surface area contributed by atoms with E-state index >= 15 is 0 Å². The summed E-state index contributed by atoms with van der Waals surface area (Å²) in [6.07, 6.45) is 1.62. The van der Waals surface area contributed by atoms with Crippen molar-refractivity contribution in [3.8, 4) is 5.75 Å². The van der Waals surface area contributed by atoms with Crippen LogP contribution in [-0.4, -0.2) is 7.11 Å². The third kappa shape index (κ3) is 3.07. The Morgan fingerprint density at radius 3 is 2.81 bits per heavy atom. The minimum absolute atomic E-state index is 0.151. The lowest BCUT2D eigenvalue weighted by molar-refractivity contribution is 0.385. The van der Waals surface area contributed by atoms with Crippen LogP contribution < -0.4 is 10.5 Å². The molecule has 0 heterocycles. The predicted octanol–water partition coefficient (Wildman–Crippen LogP) is 3.19. The standard InChI is InChI=1S/C13H18FNO/c1-4-9(2)7-12(15)10-5-6-11(14)13(8-10)16-3/h5-6,8,12H,2,4,7,15H2,1,3H3. The summed E-state index contributed by atoms with van der Waals surface area (Å²) in [6.45, 7) is 5.96. The van der Waals surface area contributed by atoms with Crippen molar-refractivity contribution in [2.75, 3.05) is 7.11 Å². The Labute approximate surface area is 95.9 Å². The normalized spacial score (nSPS) is 12.2. The van der Waals surface area contributed by atoms with E-state index in [2.05, 4.69) is 6.58 Å². The van der Waals surface area contributed by atoms with Crippen LogP contribution in [0.15, 0.2) is 30.4 Å². The molecule has 0 aromatic heterocycles. The molecule has 0 saturated heterocycles. The predicted molar refractivity (Wildman–Crippen MR) is 63.9 cm³/mol. The first-order valence-corrected chi connectivity index (χ1v) is 5.34. The van der Waals surface area contributed by atoms with E-state index in [9.17, 15) is 4.39 Å². The van der Waals surface area contributed by atoms with Crippen LogP contribution in [0.3, 0.4) is 0 Å². The van der Waals surface area contributed by atoms with Gasteiger partial charge in [0.1, 0.15) is 0 Å². The van der Waals surface area contributed by atoms with E-state index in [0.29, 0.717) is 6.42 Å². The summed E-state index contributed by atoms with van der Waals surface area (Å²) in [7, 11) is 1.44. The second kappa shape index (κ2) is 5.66. The Kier molecular flexibility index (Phi) is 4.50. The zero-order valence-electron chi connectivity index (χ0n) is 9.79. The highest BCUT2D eigenvalue weighted by molar-refractivity contribution is 5.32. The summed E-state index contributed by atoms with van der Waals surface area (Å²) in [4.78, 5) is 0. The van der Waals surface area contributed by atoms with Gasteiger partial charge >= 0.3 is 0 Å². The smallest absolute Gasteiger partial charge is 0.165 e. The van der Waals surface area contributed by atoms with Gasteiger partial charge in [-0.15, -0.1) is 0 Å². The molecule has 1 aromatic carbocycles. The summed E-state index contributed by atoms with van der Waals surface area (Å²) >= 11 is 0. The Balaban J connectivity index is 2.83. The van der Waals surface area contributed by atoms with Crippen LogP contribution in [-0.2, 0) is 0 Å². The van der Waals surface area contributed by atoms with E-state index in [4.69, 9.17) is 10.5 Å². The molecule has 0 spiro atoms. The molecule has 0 saturated carbocycles. The van der Waals surface area contributed by atoms with Gasteiger partial charge in [-0.2, -0.15) is 0 Å². The molecule has 0 radical (unpaired) electrons. The molecule has 3 heteroatoms. The van der Waals surface area contributed by atoms with Crippen LogP contribution in [0.2, 0.25) is 0 Å². The minimum atomic E-state index is -0.368. The number of nitrogens with two attached hydrogens (primary N) is 1. The van der Waals surface area contributed by atoms with Crippen molar-refractivity contribution in [1.29, 1.82) is 0 Å². The molecule has 0 aliphatic rings. The zero-order chi connectivity index (χ0) is 12.1. The third-order valence-corrected chi connectivity index (χ3v) is 2.61. The van der Waals surface area contributed by atoms with Gasteiger partial charge in [0.2, 0.25) is 0 Å². The number of benzene rings is 1. The summed E-state index contributed by atoms with van der Waals surface area (Å²) < 4.78 is 18.1. The molecule has 0 aliphatic carbocycles. The Morgan fingerprint density at radius 1 is 1.56 bits per heavy atom. The van der Waals surface area contributed by atoms with Gasteiger partial charge in [-0.1, -0.05) is 25.1 Å². The first kappa shape index (κ1) is 12.7. The number of hydrogen-bond acceptors (Lipinski definition) is 2. The van der Waals surface area contributed by atoms with Crippen molar-refractivity contribution in [3.05, 3.63) is 41.7 Å². The first-order chi connectivity index (χ1) is 7.58. The fraction of sp³-hybridized carbons (Fsp3) is 0.385. The van der Waals surface area contributed by atoms with Crippen molar-refractivity contribution in [3.63, 3.8) is 0 Å². The molecule has 16 heavy (non-hydrogen) atoms. The highest BCUT2D eigenvalue weighted by Gasteiger charge is 2.10. The van der Waals surface area contributed by atoms with Gasteiger partial charge in [-0.05, 0) is 30.5 Å². The van der Waals surface area contributed by atoms with E-state index in [1.54, 1.807) is 12.1 Å². The van der Waals surface area contributed by atoms with E-state index in [-0.39, 0.29) is 17.6 Å². The quantitative estimate of drug-likeness (QED) is 0.778. The minimum Gasteiger partial charge on any atom is -0.494 e. The molecule has 2 N–H and O–H groups in total. The third-order valence-electron chi connectivity index (χ3n) is 2.61. The van der Waals surface area contributed by atoms with E-state index in [1.165, 1.54) is 13.2 Å². The Bertz CT molecular complexity index is 376. The molecular weight excluding hydrogens is 205 g/mol. The maximum atomic E-state index is 13.2. The van der Waals surface area contributed by atoms with Crippen molar-refractivity contribution in [2.24, 2.45) is 5.73 Å². The summed E-state index contributed by atoms with van der Waals surface area (Å²) in [5, 5.41) is 0. The zero-order valence-corrected chi connectivity index (χ0v) is 9.79. The molecule has 0 aliphatic heterocycles. The second-order valence-corrected chi connectivity index (χ2v) is 3.81. The number of halogens is 1. The van der Waals surface area contributed by atoms with E-state index < -0.39 is 0 Å². The van der Waals surface area contributed by atoms with Crippen LogP contribution in [0.25, 0.3) is 0 Å². The first-order valence-electron chi connectivity index (χ1n) is 5.34. The lowest BCUT2D eigenvalue weighted by Crippen LogP contribution is -2.11. The fourth-order valence-electron chi connectivity index (χ4n) is 1.48. The van der Waals surface area contributed by atoms with Crippen molar-refractivity contribution < 1.29 is 9.13 Å². The Hall–Kier alpha value is -1.35. The van der Waals surface area contributed by atoms with Crippen LogP contribution in [0.5, 0.6) is 5.75 Å². The largest absolute Gasteiger partial charge is 0.494 e. The highest BCUT2D eigenvalue weighted by atomic mass is 19.1. The monoisotopic (exact) mass is 223 g/mol. The fourth-order valence-corrected chi connectivity index (χ4v) is 1.48. The molecule has 2 nitrogen and oxygen atoms in total. The molecule has 0 fully saturated rings. The van der Waals surface area contributed by atoms with Crippen molar-refractivity contribution >= 4 is 0 Å². The van der Waals surface area contributed by atoms with Gasteiger partial charge in [-0.3, -0.25) is 0 Å². The summed E-state index contributed by atoms with van der Waals surface area (Å²) in [6, 6.07) is 4.55. The maximum absolute atomic E-state index is 13.2. The van der Waals surface area contributed by atoms with Crippen LogP contribution in [0.1, 0.15) is 31.4 Å². The summed E-state index contributed by atoms with van der Waals surface area (Å²) in [5.74, 6) is -0.136. The Morgan fingerprint density at radius 2 is 2.25 bits per heavy atom. The number of methoxy groups -OCH3 is 1. The number of hydrogen-bond donors (Lipinski definition) is 1. The van der Waals surface area contributed by atoms with Crippen LogP contribution in [0.4, 0.5) is 4.39 Å². The van der Waals surface area contributed by atoms with Crippen molar-refractivity contribution in [1.82, 2.24) is 0 Å². The number of ether oxygens (including phenoxy) is 1. The second-order valence-electron chi connectivity index (χ2n) is 3.81. The van der Waals surface area contributed by atoms with Gasteiger partial charge in [-0.25, -0.2) is 4.39 Å². The van der Waals surface area contributed by atoms with Gasteiger partial charge in [0.15, 0.2) is 11.6 Å². The lowest BCUT2D eigenvalue weighted by atomic mass is 9.99. The molecular formula is C13H18FNO.